The summed E-state index contributed by atoms with van der Waals surface area (Å²) in [5.74, 6) is 0.857. The molecule has 0 radical (unpaired) electrons. The lowest BCUT2D eigenvalue weighted by atomic mass is 10.1. The van der Waals surface area contributed by atoms with E-state index < -0.39 is 0 Å². The van der Waals surface area contributed by atoms with E-state index in [1.807, 2.05) is 7.05 Å². The summed E-state index contributed by atoms with van der Waals surface area (Å²) in [6.07, 6.45) is 1.00. The van der Waals surface area contributed by atoms with Gasteiger partial charge in [-0.1, -0.05) is 29.8 Å². The molecule has 112 valence electrons. The summed E-state index contributed by atoms with van der Waals surface area (Å²) >= 11 is 1.78. The molecule has 0 fully saturated rings. The third-order valence-corrected chi connectivity index (χ3v) is 4.42. The fourth-order valence-electron chi connectivity index (χ4n) is 2.16. The number of guanidine groups is 1. The van der Waals surface area contributed by atoms with Crippen LogP contribution in [0.1, 0.15) is 21.6 Å². The van der Waals surface area contributed by atoms with Gasteiger partial charge in [0.25, 0.3) is 0 Å². The van der Waals surface area contributed by atoms with Crippen LogP contribution in [0.4, 0.5) is 0 Å². The third-order valence-electron chi connectivity index (χ3n) is 3.40. The monoisotopic (exact) mass is 301 g/mol. The smallest absolute Gasteiger partial charge is 0.191 e. The van der Waals surface area contributed by atoms with Crippen molar-refractivity contribution < 1.29 is 0 Å². The number of hydrogen-bond acceptors (Lipinski definition) is 2. The summed E-state index contributed by atoms with van der Waals surface area (Å²) in [4.78, 5) is 5.62. The molecule has 1 aromatic carbocycles. The Labute approximate surface area is 131 Å². The topological polar surface area (TPSA) is 36.4 Å². The van der Waals surface area contributed by atoms with Crippen molar-refractivity contribution in [3.05, 3.63) is 57.3 Å². The van der Waals surface area contributed by atoms with E-state index in [9.17, 15) is 0 Å². The van der Waals surface area contributed by atoms with Crippen LogP contribution in [0.2, 0.25) is 0 Å². The minimum atomic E-state index is 0.827. The van der Waals surface area contributed by atoms with E-state index in [-0.39, 0.29) is 0 Å². The number of nitrogens with one attached hydrogen (secondary N) is 2. The average Bonchev–Trinajstić information content (AvgIpc) is 2.88. The van der Waals surface area contributed by atoms with Crippen LogP contribution in [0.3, 0.4) is 0 Å². The number of nitrogens with zero attached hydrogens (tertiary/aromatic N) is 1. The van der Waals surface area contributed by atoms with Gasteiger partial charge in [0.2, 0.25) is 0 Å². The van der Waals surface area contributed by atoms with E-state index in [2.05, 4.69) is 65.2 Å². The minimum absolute atomic E-state index is 0.827. The second-order valence-electron chi connectivity index (χ2n) is 5.12. The molecule has 0 spiro atoms. The lowest BCUT2D eigenvalue weighted by Gasteiger charge is -2.12. The van der Waals surface area contributed by atoms with Gasteiger partial charge in [-0.2, -0.15) is 0 Å². The number of benzene rings is 1. The number of hydrogen-bond donors (Lipinski definition) is 2. The van der Waals surface area contributed by atoms with Gasteiger partial charge >= 0.3 is 0 Å². The molecular formula is C17H23N3S. The van der Waals surface area contributed by atoms with E-state index in [0.717, 1.165) is 25.5 Å². The molecule has 1 aromatic heterocycles. The van der Waals surface area contributed by atoms with Crippen molar-refractivity contribution in [2.45, 2.75) is 26.8 Å². The highest BCUT2D eigenvalue weighted by atomic mass is 32.1. The minimum Gasteiger partial charge on any atom is -0.356 e. The van der Waals surface area contributed by atoms with Crippen LogP contribution in [-0.2, 0) is 13.0 Å². The molecule has 0 bridgehead atoms. The molecule has 0 saturated heterocycles. The van der Waals surface area contributed by atoms with E-state index in [0.29, 0.717) is 0 Å². The maximum atomic E-state index is 4.26. The van der Waals surface area contributed by atoms with Gasteiger partial charge in [0.15, 0.2) is 5.96 Å². The van der Waals surface area contributed by atoms with Crippen molar-refractivity contribution in [2.75, 3.05) is 13.6 Å². The predicted octanol–water partition coefficient (Wildman–Crippen LogP) is 3.27. The summed E-state index contributed by atoms with van der Waals surface area (Å²) in [5.41, 5.74) is 4.00. The quantitative estimate of drug-likeness (QED) is 0.657. The molecule has 0 saturated carbocycles. The Balaban J connectivity index is 1.77. The number of rotatable bonds is 5. The SMILES string of the molecule is CN=C(NCCc1cccc(C)c1)NCc1sccc1C. The zero-order valence-corrected chi connectivity index (χ0v) is 13.8. The molecule has 0 aliphatic carbocycles. The summed E-state index contributed by atoms with van der Waals surface area (Å²) in [7, 11) is 1.81. The standard InChI is InChI=1S/C17H23N3S/c1-13-5-4-6-15(11-13)7-9-19-17(18-3)20-12-16-14(2)8-10-21-16/h4-6,8,10-11H,7,9,12H2,1-3H3,(H2,18,19,20). The Bertz CT molecular complexity index is 602. The summed E-state index contributed by atoms with van der Waals surface area (Å²) in [6, 6.07) is 10.8. The van der Waals surface area contributed by atoms with Crippen LogP contribution in [0.5, 0.6) is 0 Å². The lowest BCUT2D eigenvalue weighted by Crippen LogP contribution is -2.37. The van der Waals surface area contributed by atoms with Crippen molar-refractivity contribution in [1.82, 2.24) is 10.6 Å². The molecule has 0 atom stereocenters. The number of thiophene rings is 1. The fraction of sp³-hybridized carbons (Fsp3) is 0.353. The Kier molecular flexibility index (Phi) is 5.81. The maximum Gasteiger partial charge on any atom is 0.191 e. The van der Waals surface area contributed by atoms with Crippen molar-refractivity contribution in [3.8, 4) is 0 Å². The fourth-order valence-corrected chi connectivity index (χ4v) is 3.01. The predicted molar refractivity (Wildman–Crippen MR) is 92.1 cm³/mol. The van der Waals surface area contributed by atoms with E-state index in [4.69, 9.17) is 0 Å². The van der Waals surface area contributed by atoms with Gasteiger partial charge in [-0.25, -0.2) is 0 Å². The zero-order valence-electron chi connectivity index (χ0n) is 12.9. The summed E-state index contributed by atoms with van der Waals surface area (Å²) in [5, 5.41) is 8.85. The molecule has 3 nitrogen and oxygen atoms in total. The molecule has 2 N–H and O–H groups in total. The highest BCUT2D eigenvalue weighted by Crippen LogP contribution is 2.14. The molecule has 2 aromatic rings. The number of aliphatic imine (C=N–C) groups is 1. The van der Waals surface area contributed by atoms with Crippen LogP contribution < -0.4 is 10.6 Å². The first-order valence-corrected chi connectivity index (χ1v) is 8.10. The van der Waals surface area contributed by atoms with Crippen molar-refractivity contribution in [2.24, 2.45) is 4.99 Å². The van der Waals surface area contributed by atoms with Gasteiger partial charge in [0.05, 0.1) is 6.54 Å². The maximum absolute atomic E-state index is 4.26. The van der Waals surface area contributed by atoms with Gasteiger partial charge in [-0.15, -0.1) is 11.3 Å². The molecular weight excluding hydrogens is 278 g/mol. The molecule has 21 heavy (non-hydrogen) atoms. The van der Waals surface area contributed by atoms with Crippen LogP contribution in [-0.4, -0.2) is 19.6 Å². The summed E-state index contributed by atoms with van der Waals surface area (Å²) < 4.78 is 0. The van der Waals surface area contributed by atoms with E-state index >= 15 is 0 Å². The van der Waals surface area contributed by atoms with E-state index in [1.54, 1.807) is 11.3 Å². The Morgan fingerprint density at radius 1 is 1.19 bits per heavy atom. The first-order chi connectivity index (χ1) is 10.2. The highest BCUT2D eigenvalue weighted by Gasteiger charge is 2.02. The summed E-state index contributed by atoms with van der Waals surface area (Å²) in [6.45, 7) is 5.97. The average molecular weight is 301 g/mol. The van der Waals surface area contributed by atoms with Crippen molar-refractivity contribution in [3.63, 3.8) is 0 Å². The first kappa shape index (κ1) is 15.6. The van der Waals surface area contributed by atoms with Gasteiger partial charge in [-0.05, 0) is 42.8 Å². The molecule has 0 aliphatic rings. The van der Waals surface area contributed by atoms with Crippen LogP contribution in [0, 0.1) is 13.8 Å². The second-order valence-corrected chi connectivity index (χ2v) is 6.12. The molecule has 4 heteroatoms. The zero-order chi connectivity index (χ0) is 15.1. The number of aryl methyl sites for hydroxylation is 2. The molecule has 1 heterocycles. The lowest BCUT2D eigenvalue weighted by molar-refractivity contribution is 0.797. The Hall–Kier alpha value is -1.81. The highest BCUT2D eigenvalue weighted by molar-refractivity contribution is 7.10. The molecule has 2 rings (SSSR count). The van der Waals surface area contributed by atoms with Crippen LogP contribution in [0.15, 0.2) is 40.7 Å². The second kappa shape index (κ2) is 7.84. The first-order valence-electron chi connectivity index (χ1n) is 7.22. The Morgan fingerprint density at radius 2 is 2.05 bits per heavy atom. The third kappa shape index (κ3) is 4.90. The van der Waals surface area contributed by atoms with Gasteiger partial charge < -0.3 is 10.6 Å². The largest absolute Gasteiger partial charge is 0.356 e. The van der Waals surface area contributed by atoms with Crippen LogP contribution in [0.25, 0.3) is 0 Å². The van der Waals surface area contributed by atoms with Gasteiger partial charge in [-0.3, -0.25) is 4.99 Å². The van der Waals surface area contributed by atoms with Gasteiger partial charge in [0, 0.05) is 18.5 Å². The van der Waals surface area contributed by atoms with E-state index in [1.165, 1.54) is 21.6 Å². The van der Waals surface area contributed by atoms with Crippen LogP contribution >= 0.6 is 11.3 Å². The molecule has 0 amide bonds. The van der Waals surface area contributed by atoms with Crippen molar-refractivity contribution >= 4 is 17.3 Å². The molecule has 0 unspecified atom stereocenters. The molecule has 0 aliphatic heterocycles. The Morgan fingerprint density at radius 3 is 2.71 bits per heavy atom. The van der Waals surface area contributed by atoms with Gasteiger partial charge in [0.1, 0.15) is 0 Å². The van der Waals surface area contributed by atoms with Crippen molar-refractivity contribution in [1.29, 1.82) is 0 Å². The normalized spacial score (nSPS) is 11.5.